The van der Waals surface area contributed by atoms with Gasteiger partial charge in [-0.2, -0.15) is 0 Å². The van der Waals surface area contributed by atoms with Crippen molar-refractivity contribution in [2.24, 2.45) is 16.7 Å². The average Bonchev–Trinajstić information content (AvgIpc) is 2.51. The van der Waals surface area contributed by atoms with Gasteiger partial charge in [-0.15, -0.1) is 0 Å². The fourth-order valence-corrected chi connectivity index (χ4v) is 7.22. The highest BCUT2D eigenvalue weighted by Crippen LogP contribution is 2.66. The Morgan fingerprint density at radius 1 is 1.04 bits per heavy atom. The van der Waals surface area contributed by atoms with E-state index in [1.165, 1.54) is 44.1 Å². The van der Waals surface area contributed by atoms with Gasteiger partial charge in [0, 0.05) is 12.1 Å². The molecule has 1 N–H and O–H groups in total. The van der Waals surface area contributed by atoms with Crippen LogP contribution in [0.3, 0.4) is 0 Å². The number of hydrogen-bond acceptors (Lipinski definition) is 3. The van der Waals surface area contributed by atoms with Gasteiger partial charge in [-0.05, 0) is 93.7 Å². The molecule has 0 amide bonds. The Labute approximate surface area is 165 Å². The third kappa shape index (κ3) is 3.85. The van der Waals surface area contributed by atoms with Gasteiger partial charge in [-0.1, -0.05) is 19.9 Å². The molecule has 27 heavy (non-hydrogen) atoms. The van der Waals surface area contributed by atoms with Crippen LogP contribution in [0.5, 0.6) is 11.5 Å². The fraction of sp³-hybridized carbons (Fsp3) is 0.750. The predicted molar refractivity (Wildman–Crippen MR) is 110 cm³/mol. The molecule has 2 unspecified atom stereocenters. The SMILES string of the molecule is CCOc1cc(CNC23CC4C[C@@](C)(C2)C[C@](C)(C4)C3)ccc1OC(C)C. The number of ether oxygens (including phenoxy) is 2. The van der Waals surface area contributed by atoms with Gasteiger partial charge in [-0.25, -0.2) is 0 Å². The summed E-state index contributed by atoms with van der Waals surface area (Å²) in [6.45, 7) is 12.8. The topological polar surface area (TPSA) is 30.5 Å². The monoisotopic (exact) mass is 371 g/mol. The normalized spacial score (nSPS) is 37.0. The second-order valence-corrected chi connectivity index (χ2v) is 10.6. The van der Waals surface area contributed by atoms with Crippen molar-refractivity contribution in [1.29, 1.82) is 0 Å². The van der Waals surface area contributed by atoms with Crippen molar-refractivity contribution in [2.75, 3.05) is 6.61 Å². The second-order valence-electron chi connectivity index (χ2n) is 10.6. The molecular formula is C24H37NO2. The zero-order valence-electron chi connectivity index (χ0n) is 17.9. The van der Waals surface area contributed by atoms with E-state index in [0.717, 1.165) is 24.0 Å². The van der Waals surface area contributed by atoms with Crippen LogP contribution in [0.25, 0.3) is 0 Å². The van der Waals surface area contributed by atoms with E-state index in [1.807, 2.05) is 6.92 Å². The van der Waals surface area contributed by atoms with Crippen molar-refractivity contribution in [3.05, 3.63) is 23.8 Å². The summed E-state index contributed by atoms with van der Waals surface area (Å²) < 4.78 is 11.8. The first-order valence-corrected chi connectivity index (χ1v) is 10.9. The Morgan fingerprint density at radius 2 is 1.74 bits per heavy atom. The Bertz CT molecular complexity index is 680. The van der Waals surface area contributed by atoms with Crippen LogP contribution in [0.1, 0.15) is 78.7 Å². The van der Waals surface area contributed by atoms with Crippen LogP contribution in [0.15, 0.2) is 18.2 Å². The van der Waals surface area contributed by atoms with E-state index in [4.69, 9.17) is 9.47 Å². The van der Waals surface area contributed by atoms with Gasteiger partial charge in [0.1, 0.15) is 0 Å². The third-order valence-electron chi connectivity index (χ3n) is 6.96. The molecule has 4 bridgehead atoms. The van der Waals surface area contributed by atoms with E-state index in [0.29, 0.717) is 23.0 Å². The van der Waals surface area contributed by atoms with Gasteiger partial charge in [0.25, 0.3) is 0 Å². The maximum absolute atomic E-state index is 5.91. The molecule has 0 aromatic heterocycles. The summed E-state index contributed by atoms with van der Waals surface area (Å²) in [5.74, 6) is 2.64. The second kappa shape index (κ2) is 6.69. The summed E-state index contributed by atoms with van der Waals surface area (Å²) in [5, 5.41) is 4.03. The minimum absolute atomic E-state index is 0.154. The van der Waals surface area contributed by atoms with Crippen molar-refractivity contribution in [3.8, 4) is 11.5 Å². The van der Waals surface area contributed by atoms with Crippen LogP contribution in [0, 0.1) is 16.7 Å². The van der Waals surface area contributed by atoms with E-state index in [1.54, 1.807) is 0 Å². The molecule has 1 aromatic rings. The van der Waals surface area contributed by atoms with E-state index < -0.39 is 0 Å². The molecular weight excluding hydrogens is 334 g/mol. The lowest BCUT2D eigenvalue weighted by Crippen LogP contribution is -2.63. The largest absolute Gasteiger partial charge is 0.490 e. The first kappa shape index (κ1) is 19.1. The van der Waals surface area contributed by atoms with Crippen molar-refractivity contribution in [2.45, 2.75) is 91.3 Å². The standard InChI is InChI=1S/C24H37NO2/c1-6-26-21-9-18(7-8-20(21)27-17(2)3)13-25-24-12-19-10-22(4,15-24)14-23(5,11-19)16-24/h7-9,17,19,25H,6,10-16H2,1-5H3/t19?,22-,23+,24?. The highest BCUT2D eigenvalue weighted by atomic mass is 16.5. The molecule has 150 valence electrons. The molecule has 4 saturated carbocycles. The first-order chi connectivity index (χ1) is 12.7. The van der Waals surface area contributed by atoms with Crippen LogP contribution in [-0.4, -0.2) is 18.2 Å². The molecule has 0 heterocycles. The van der Waals surface area contributed by atoms with Gasteiger partial charge >= 0.3 is 0 Å². The van der Waals surface area contributed by atoms with Crippen molar-refractivity contribution >= 4 is 0 Å². The molecule has 0 aliphatic heterocycles. The number of benzene rings is 1. The van der Waals surface area contributed by atoms with Crippen LogP contribution < -0.4 is 14.8 Å². The minimum atomic E-state index is 0.154. The lowest BCUT2D eigenvalue weighted by Gasteiger charge is -2.65. The summed E-state index contributed by atoms with van der Waals surface area (Å²) in [7, 11) is 0. The van der Waals surface area contributed by atoms with Crippen LogP contribution >= 0.6 is 0 Å². The van der Waals surface area contributed by atoms with Crippen molar-refractivity contribution in [3.63, 3.8) is 0 Å². The van der Waals surface area contributed by atoms with E-state index in [-0.39, 0.29) is 6.10 Å². The average molecular weight is 372 g/mol. The molecule has 4 aliphatic rings. The Hall–Kier alpha value is -1.22. The van der Waals surface area contributed by atoms with Gasteiger partial charge in [-0.3, -0.25) is 0 Å². The molecule has 5 rings (SSSR count). The lowest BCUT2D eigenvalue weighted by molar-refractivity contribution is -0.118. The van der Waals surface area contributed by atoms with Crippen molar-refractivity contribution in [1.82, 2.24) is 5.32 Å². The summed E-state index contributed by atoms with van der Waals surface area (Å²) >= 11 is 0. The highest BCUT2D eigenvalue weighted by molar-refractivity contribution is 5.43. The van der Waals surface area contributed by atoms with Crippen LogP contribution in [-0.2, 0) is 6.54 Å². The van der Waals surface area contributed by atoms with Gasteiger partial charge < -0.3 is 14.8 Å². The maximum Gasteiger partial charge on any atom is 0.161 e. The van der Waals surface area contributed by atoms with Gasteiger partial charge in [0.05, 0.1) is 12.7 Å². The molecule has 4 aliphatic carbocycles. The molecule has 1 aromatic carbocycles. The minimum Gasteiger partial charge on any atom is -0.490 e. The van der Waals surface area contributed by atoms with Gasteiger partial charge in [0.2, 0.25) is 0 Å². The molecule has 0 radical (unpaired) electrons. The smallest absolute Gasteiger partial charge is 0.161 e. The first-order valence-electron chi connectivity index (χ1n) is 10.9. The summed E-state index contributed by atoms with van der Waals surface area (Å²) in [6.07, 6.45) is 8.53. The van der Waals surface area contributed by atoms with Crippen molar-refractivity contribution < 1.29 is 9.47 Å². The van der Waals surface area contributed by atoms with Crippen LogP contribution in [0.4, 0.5) is 0 Å². The highest BCUT2D eigenvalue weighted by Gasteiger charge is 2.59. The molecule has 4 fully saturated rings. The Morgan fingerprint density at radius 3 is 2.33 bits per heavy atom. The predicted octanol–water partition coefficient (Wildman–Crippen LogP) is 5.71. The zero-order chi connectivity index (χ0) is 19.3. The quantitative estimate of drug-likeness (QED) is 0.666. The van der Waals surface area contributed by atoms with Gasteiger partial charge in [0.15, 0.2) is 11.5 Å². The fourth-order valence-electron chi connectivity index (χ4n) is 7.22. The van der Waals surface area contributed by atoms with E-state index in [9.17, 15) is 0 Å². The lowest BCUT2D eigenvalue weighted by atomic mass is 9.43. The Kier molecular flexibility index (Phi) is 4.73. The number of nitrogens with one attached hydrogen (secondary N) is 1. The third-order valence-corrected chi connectivity index (χ3v) is 6.96. The van der Waals surface area contributed by atoms with E-state index in [2.05, 4.69) is 51.2 Å². The maximum atomic E-state index is 5.91. The summed E-state index contributed by atoms with van der Waals surface area (Å²) in [4.78, 5) is 0. The molecule has 3 heteroatoms. The molecule has 3 nitrogen and oxygen atoms in total. The van der Waals surface area contributed by atoms with Crippen LogP contribution in [0.2, 0.25) is 0 Å². The number of rotatable bonds is 7. The molecule has 0 saturated heterocycles. The molecule has 4 atom stereocenters. The zero-order valence-corrected chi connectivity index (χ0v) is 17.9. The van der Waals surface area contributed by atoms with E-state index >= 15 is 0 Å². The summed E-state index contributed by atoms with van der Waals surface area (Å²) in [5.41, 5.74) is 2.72. The number of hydrogen-bond donors (Lipinski definition) is 1. The Balaban J connectivity index is 1.49. The molecule has 0 spiro atoms. The summed E-state index contributed by atoms with van der Waals surface area (Å²) in [6, 6.07) is 6.43.